The van der Waals surface area contributed by atoms with Crippen molar-refractivity contribution in [1.82, 2.24) is 4.98 Å². The van der Waals surface area contributed by atoms with Gasteiger partial charge in [-0.3, -0.25) is 4.98 Å². The maximum atomic E-state index is 4.91. The Bertz CT molecular complexity index is 2810. The zero-order valence-electron chi connectivity index (χ0n) is 28.1. The highest BCUT2D eigenvalue weighted by atomic mass is 14.7. The van der Waals surface area contributed by atoms with Crippen molar-refractivity contribution in [2.75, 3.05) is 0 Å². The molecule has 9 aromatic rings. The number of rotatable bonds is 4. The van der Waals surface area contributed by atoms with Gasteiger partial charge in [-0.2, -0.15) is 0 Å². The standard InChI is InChI=1S/C50H33N/c1-2-11-31(12-3-1)27-48-41-23-20-32(29-47(41)44-19-10-26-51-50(44)48)33-21-25-43-46(28-33)39-17-8-9-18-42(39)49(43)34-22-24-40-37-15-5-4-13-35(37)36-14-6-7-16-38(36)45(40)30-34/h1-26,28-30,48-49H,27H2. The minimum Gasteiger partial charge on any atom is -0.260 e. The number of fused-ring (bicyclic) bond motifs is 12. The summed E-state index contributed by atoms with van der Waals surface area (Å²) in [5, 5.41) is 7.89. The molecule has 8 aromatic carbocycles. The predicted octanol–water partition coefficient (Wildman–Crippen LogP) is 12.7. The Morgan fingerprint density at radius 1 is 0.392 bits per heavy atom. The second-order valence-electron chi connectivity index (χ2n) is 14.2. The van der Waals surface area contributed by atoms with E-state index < -0.39 is 0 Å². The fourth-order valence-electron chi connectivity index (χ4n) is 9.25. The largest absolute Gasteiger partial charge is 0.260 e. The fourth-order valence-corrected chi connectivity index (χ4v) is 9.25. The molecular formula is C50H33N. The van der Waals surface area contributed by atoms with Crippen LogP contribution in [0.15, 0.2) is 176 Å². The summed E-state index contributed by atoms with van der Waals surface area (Å²) >= 11 is 0. The van der Waals surface area contributed by atoms with Gasteiger partial charge in [0.1, 0.15) is 0 Å². The molecule has 1 heteroatoms. The van der Waals surface area contributed by atoms with Crippen LogP contribution in [0.25, 0.3) is 65.7 Å². The molecule has 0 aliphatic heterocycles. The summed E-state index contributed by atoms with van der Waals surface area (Å²) in [6.07, 6.45) is 2.90. The van der Waals surface area contributed by atoms with Crippen molar-refractivity contribution in [3.63, 3.8) is 0 Å². The third-order valence-electron chi connectivity index (χ3n) is 11.5. The molecule has 2 atom stereocenters. The second-order valence-corrected chi connectivity index (χ2v) is 14.2. The van der Waals surface area contributed by atoms with Crippen LogP contribution in [-0.4, -0.2) is 4.98 Å². The molecule has 2 aliphatic carbocycles. The van der Waals surface area contributed by atoms with E-state index in [1.165, 1.54) is 99.2 Å². The van der Waals surface area contributed by atoms with E-state index in [1.54, 1.807) is 0 Å². The summed E-state index contributed by atoms with van der Waals surface area (Å²) in [6, 6.07) is 63.3. The molecule has 0 bridgehead atoms. The third-order valence-corrected chi connectivity index (χ3v) is 11.5. The molecule has 51 heavy (non-hydrogen) atoms. The summed E-state index contributed by atoms with van der Waals surface area (Å²) in [5.41, 5.74) is 15.7. The number of pyridine rings is 1. The molecule has 0 saturated heterocycles. The van der Waals surface area contributed by atoms with Gasteiger partial charge in [-0.25, -0.2) is 0 Å². The van der Waals surface area contributed by atoms with Gasteiger partial charge < -0.3 is 0 Å². The molecule has 238 valence electrons. The van der Waals surface area contributed by atoms with Crippen molar-refractivity contribution in [3.8, 4) is 33.4 Å². The smallest absolute Gasteiger partial charge is 0.0560 e. The van der Waals surface area contributed by atoms with Gasteiger partial charge in [0.25, 0.3) is 0 Å². The van der Waals surface area contributed by atoms with Crippen LogP contribution in [0.2, 0.25) is 0 Å². The molecule has 1 aromatic heterocycles. The Hall–Kier alpha value is -6.31. The first kappa shape index (κ1) is 28.5. The quantitative estimate of drug-likeness (QED) is 0.173. The van der Waals surface area contributed by atoms with Crippen LogP contribution in [-0.2, 0) is 6.42 Å². The molecule has 11 rings (SSSR count). The predicted molar refractivity (Wildman–Crippen MR) is 212 cm³/mol. The van der Waals surface area contributed by atoms with Crippen LogP contribution >= 0.6 is 0 Å². The number of hydrogen-bond acceptors (Lipinski definition) is 1. The molecule has 0 saturated carbocycles. The van der Waals surface area contributed by atoms with Crippen LogP contribution in [0.3, 0.4) is 0 Å². The van der Waals surface area contributed by atoms with Gasteiger partial charge in [0.05, 0.1) is 5.69 Å². The summed E-state index contributed by atoms with van der Waals surface area (Å²) in [7, 11) is 0. The van der Waals surface area contributed by atoms with Crippen molar-refractivity contribution in [3.05, 3.63) is 210 Å². The van der Waals surface area contributed by atoms with E-state index in [0.29, 0.717) is 0 Å². The maximum absolute atomic E-state index is 4.91. The van der Waals surface area contributed by atoms with Crippen molar-refractivity contribution in [1.29, 1.82) is 0 Å². The van der Waals surface area contributed by atoms with Crippen LogP contribution < -0.4 is 0 Å². The topological polar surface area (TPSA) is 12.9 Å². The highest BCUT2D eigenvalue weighted by Crippen LogP contribution is 2.51. The van der Waals surface area contributed by atoms with E-state index in [2.05, 4.69) is 170 Å². The second kappa shape index (κ2) is 11.1. The number of benzene rings is 8. The molecule has 0 spiro atoms. The summed E-state index contributed by atoms with van der Waals surface area (Å²) in [5.74, 6) is 0.439. The lowest BCUT2D eigenvalue weighted by molar-refractivity contribution is 0.797. The highest BCUT2D eigenvalue weighted by molar-refractivity contribution is 6.25. The van der Waals surface area contributed by atoms with E-state index >= 15 is 0 Å². The molecule has 0 amide bonds. The first-order valence-electron chi connectivity index (χ1n) is 18.0. The molecular weight excluding hydrogens is 615 g/mol. The molecule has 0 radical (unpaired) electrons. The zero-order chi connectivity index (χ0) is 33.5. The van der Waals surface area contributed by atoms with Crippen molar-refractivity contribution in [2.24, 2.45) is 0 Å². The minimum atomic E-state index is 0.177. The van der Waals surface area contributed by atoms with E-state index in [0.717, 1.165) is 6.42 Å². The minimum absolute atomic E-state index is 0.177. The van der Waals surface area contributed by atoms with Crippen molar-refractivity contribution in [2.45, 2.75) is 18.3 Å². The average molecular weight is 648 g/mol. The molecule has 1 heterocycles. The van der Waals surface area contributed by atoms with Crippen LogP contribution in [0, 0.1) is 0 Å². The Morgan fingerprint density at radius 3 is 1.71 bits per heavy atom. The van der Waals surface area contributed by atoms with E-state index in [1.807, 2.05) is 6.20 Å². The molecule has 0 fully saturated rings. The van der Waals surface area contributed by atoms with Gasteiger partial charge in [0.15, 0.2) is 0 Å². The van der Waals surface area contributed by atoms with Crippen LogP contribution in [0.1, 0.15) is 45.3 Å². The van der Waals surface area contributed by atoms with E-state index in [9.17, 15) is 0 Å². The highest BCUT2D eigenvalue weighted by Gasteiger charge is 2.32. The van der Waals surface area contributed by atoms with Gasteiger partial charge in [0.2, 0.25) is 0 Å². The Balaban J connectivity index is 1.03. The average Bonchev–Trinajstić information content (AvgIpc) is 3.70. The SMILES string of the molecule is c1ccc(CC2c3ccc(-c4ccc5c(c4)-c4ccccc4C5c4ccc5c6ccccc6c6ccccc6c5c4)cc3-c3cccnc32)cc1. The lowest BCUT2D eigenvalue weighted by atomic mass is 9.86. The summed E-state index contributed by atoms with van der Waals surface area (Å²) < 4.78 is 0. The van der Waals surface area contributed by atoms with Crippen molar-refractivity contribution < 1.29 is 0 Å². The van der Waals surface area contributed by atoms with Crippen LogP contribution in [0.5, 0.6) is 0 Å². The fraction of sp³-hybridized carbons (Fsp3) is 0.0600. The maximum Gasteiger partial charge on any atom is 0.0560 e. The van der Waals surface area contributed by atoms with Gasteiger partial charge in [-0.05, 0) is 119 Å². The normalized spacial score (nSPS) is 15.5. The number of aromatic nitrogens is 1. The van der Waals surface area contributed by atoms with Gasteiger partial charge in [-0.1, -0.05) is 146 Å². The number of nitrogens with zero attached hydrogens (tertiary/aromatic N) is 1. The monoisotopic (exact) mass is 647 g/mol. The first-order chi connectivity index (χ1) is 25.3. The van der Waals surface area contributed by atoms with Crippen molar-refractivity contribution >= 4 is 32.3 Å². The summed E-state index contributed by atoms with van der Waals surface area (Å²) in [4.78, 5) is 4.91. The first-order valence-corrected chi connectivity index (χ1v) is 18.0. The van der Waals surface area contributed by atoms with Crippen LogP contribution in [0.4, 0.5) is 0 Å². The lowest BCUT2D eigenvalue weighted by Gasteiger charge is -2.17. The molecule has 2 aliphatic rings. The van der Waals surface area contributed by atoms with Gasteiger partial charge >= 0.3 is 0 Å². The Labute approximate surface area is 297 Å². The molecule has 2 unspecified atom stereocenters. The molecule has 0 N–H and O–H groups in total. The van der Waals surface area contributed by atoms with E-state index in [4.69, 9.17) is 4.98 Å². The van der Waals surface area contributed by atoms with Gasteiger partial charge in [0, 0.05) is 23.6 Å². The summed E-state index contributed by atoms with van der Waals surface area (Å²) in [6.45, 7) is 0. The third kappa shape index (κ3) is 4.31. The number of hydrogen-bond donors (Lipinski definition) is 0. The lowest BCUT2D eigenvalue weighted by Crippen LogP contribution is -2.03. The van der Waals surface area contributed by atoms with Gasteiger partial charge in [-0.15, -0.1) is 0 Å². The van der Waals surface area contributed by atoms with E-state index in [-0.39, 0.29) is 11.8 Å². The Kier molecular flexibility index (Phi) is 6.21. The zero-order valence-corrected chi connectivity index (χ0v) is 28.1. The Morgan fingerprint density at radius 2 is 0.961 bits per heavy atom. The molecule has 1 nitrogen and oxygen atoms in total.